The Bertz CT molecular complexity index is 859. The first kappa shape index (κ1) is 21.8. The normalized spacial score (nSPS) is 13.1. The van der Waals surface area contributed by atoms with Crippen molar-refractivity contribution >= 4 is 68.9 Å². The van der Waals surface area contributed by atoms with Crippen molar-refractivity contribution in [3.63, 3.8) is 0 Å². The maximum Gasteiger partial charge on any atom is 0.317 e. The molecule has 0 bridgehead atoms. The molecule has 1 aromatic heterocycles. The molecule has 0 aliphatic rings. The van der Waals surface area contributed by atoms with Crippen LogP contribution in [-0.2, 0) is 19.7 Å². The molecular formula is C17H17Cl3N2O4S. The highest BCUT2D eigenvalue weighted by molar-refractivity contribution is 7.19. The molecule has 146 valence electrons. The van der Waals surface area contributed by atoms with Crippen molar-refractivity contribution in [2.75, 3.05) is 11.9 Å². The van der Waals surface area contributed by atoms with Gasteiger partial charge < -0.3 is 15.2 Å². The molecule has 0 saturated heterocycles. The summed E-state index contributed by atoms with van der Waals surface area (Å²) in [6.45, 7) is 3.41. The fourth-order valence-corrected chi connectivity index (χ4v) is 4.13. The predicted octanol–water partition coefficient (Wildman–Crippen LogP) is 5.53. The van der Waals surface area contributed by atoms with E-state index < -0.39 is 17.4 Å². The van der Waals surface area contributed by atoms with Crippen molar-refractivity contribution in [3.05, 3.63) is 38.3 Å². The van der Waals surface area contributed by atoms with Crippen molar-refractivity contribution < 1.29 is 19.4 Å². The monoisotopic (exact) mass is 450 g/mol. The van der Waals surface area contributed by atoms with E-state index in [-0.39, 0.29) is 29.5 Å². The van der Waals surface area contributed by atoms with Crippen molar-refractivity contribution in [1.29, 1.82) is 0 Å². The summed E-state index contributed by atoms with van der Waals surface area (Å²) in [5.74, 6) is -1.60. The Morgan fingerprint density at radius 2 is 2.04 bits per heavy atom. The number of carboxylic acids is 1. The van der Waals surface area contributed by atoms with Crippen LogP contribution in [0, 0.1) is 0 Å². The lowest BCUT2D eigenvalue weighted by Crippen LogP contribution is -2.36. The van der Waals surface area contributed by atoms with Crippen LogP contribution in [0.1, 0.15) is 32.4 Å². The van der Waals surface area contributed by atoms with Gasteiger partial charge in [0.1, 0.15) is 9.75 Å². The number of hydrogen-bond acceptors (Lipinski definition) is 6. The maximum absolute atomic E-state index is 12.5. The van der Waals surface area contributed by atoms with Crippen LogP contribution in [0.25, 0.3) is 0 Å². The van der Waals surface area contributed by atoms with Gasteiger partial charge in [-0.3, -0.25) is 9.59 Å². The van der Waals surface area contributed by atoms with E-state index in [0.717, 1.165) is 11.3 Å². The number of thiazole rings is 1. The molecule has 2 N–H and O–H groups in total. The predicted molar refractivity (Wildman–Crippen MR) is 108 cm³/mol. The number of halogens is 3. The fraction of sp³-hybridized carbons (Fsp3) is 0.353. The first-order chi connectivity index (χ1) is 12.7. The average molecular weight is 452 g/mol. The summed E-state index contributed by atoms with van der Waals surface area (Å²) in [6, 6.07) is 4.94. The molecule has 2 rings (SSSR count). The largest absolute Gasteiger partial charge is 0.481 e. The number of ether oxygens (including phenoxy) is 1. The number of rotatable bonds is 8. The van der Waals surface area contributed by atoms with E-state index in [1.165, 1.54) is 0 Å². The molecule has 0 radical (unpaired) electrons. The summed E-state index contributed by atoms with van der Waals surface area (Å²) in [7, 11) is 0. The third-order valence-electron chi connectivity index (χ3n) is 3.85. The third-order valence-corrected chi connectivity index (χ3v) is 5.56. The highest BCUT2D eigenvalue weighted by atomic mass is 35.5. The van der Waals surface area contributed by atoms with Crippen LogP contribution < -0.4 is 5.32 Å². The molecule has 1 heterocycles. The van der Waals surface area contributed by atoms with Crippen LogP contribution in [-0.4, -0.2) is 28.6 Å². The zero-order chi connectivity index (χ0) is 20.2. The number of hydrogen-bond donors (Lipinski definition) is 2. The van der Waals surface area contributed by atoms with E-state index in [4.69, 9.17) is 44.6 Å². The number of aromatic nitrogens is 1. The van der Waals surface area contributed by atoms with E-state index in [1.54, 1.807) is 32.0 Å². The Hall–Kier alpha value is -1.54. The van der Waals surface area contributed by atoms with Gasteiger partial charge in [0.2, 0.25) is 0 Å². The number of anilines is 2. The number of carbonyl (C=O) groups is 2. The second kappa shape index (κ2) is 9.10. The zero-order valence-electron chi connectivity index (χ0n) is 14.5. The minimum atomic E-state index is -1.29. The number of nitrogens with one attached hydrogen (secondary N) is 1. The summed E-state index contributed by atoms with van der Waals surface area (Å²) in [5.41, 5.74) is -0.450. The van der Waals surface area contributed by atoms with Gasteiger partial charge in [0.05, 0.1) is 23.0 Å². The quantitative estimate of drug-likeness (QED) is 0.513. The molecular weight excluding hydrogens is 435 g/mol. The molecule has 1 unspecified atom stereocenters. The second-order valence-corrected chi connectivity index (χ2v) is 8.28. The van der Waals surface area contributed by atoms with E-state index in [0.29, 0.717) is 20.9 Å². The van der Waals surface area contributed by atoms with Crippen LogP contribution >= 0.6 is 46.1 Å². The summed E-state index contributed by atoms with van der Waals surface area (Å²) < 4.78 is 5.39. The van der Waals surface area contributed by atoms with Crippen molar-refractivity contribution in [1.82, 2.24) is 4.98 Å². The molecule has 0 spiro atoms. The summed E-state index contributed by atoms with van der Waals surface area (Å²) in [5, 5.41) is 13.3. The summed E-state index contributed by atoms with van der Waals surface area (Å²) in [6.07, 6.45) is -0.222. The Morgan fingerprint density at radius 1 is 1.33 bits per heavy atom. The molecule has 27 heavy (non-hydrogen) atoms. The topological polar surface area (TPSA) is 88.5 Å². The van der Waals surface area contributed by atoms with E-state index in [9.17, 15) is 9.59 Å². The molecule has 6 nitrogen and oxygen atoms in total. The lowest BCUT2D eigenvalue weighted by Gasteiger charge is -2.25. The number of nitrogens with zero attached hydrogens (tertiary/aromatic N) is 1. The Morgan fingerprint density at radius 3 is 2.63 bits per heavy atom. The molecule has 0 aliphatic carbocycles. The number of carboxylic acid groups (broad SMARTS) is 1. The van der Waals surface area contributed by atoms with E-state index in [1.807, 2.05) is 0 Å². The minimum Gasteiger partial charge on any atom is -0.481 e. The highest BCUT2D eigenvalue weighted by Gasteiger charge is 2.41. The summed E-state index contributed by atoms with van der Waals surface area (Å²) in [4.78, 5) is 27.9. The van der Waals surface area contributed by atoms with Crippen LogP contribution in [0.5, 0.6) is 0 Å². The molecule has 0 saturated carbocycles. The molecule has 2 aromatic rings. The minimum absolute atomic E-state index is 0.00572. The van der Waals surface area contributed by atoms with Crippen molar-refractivity contribution in [2.45, 2.75) is 32.1 Å². The number of benzene rings is 1. The van der Waals surface area contributed by atoms with Gasteiger partial charge in [0.15, 0.2) is 5.13 Å². The van der Waals surface area contributed by atoms with Crippen LogP contribution in [0.4, 0.5) is 10.8 Å². The first-order valence-electron chi connectivity index (χ1n) is 7.95. The highest BCUT2D eigenvalue weighted by Crippen LogP contribution is 2.41. The Labute approximate surface area is 175 Å². The SMILES string of the molecule is CCOC(=O)C(C)(CCC(=O)O)c1nc(Nc2ccc(Cl)cc2Cl)sc1Cl. The van der Waals surface area contributed by atoms with Gasteiger partial charge in [-0.25, -0.2) is 4.98 Å². The van der Waals surface area contributed by atoms with E-state index >= 15 is 0 Å². The van der Waals surface area contributed by atoms with Gasteiger partial charge in [0, 0.05) is 11.4 Å². The Kier molecular flexibility index (Phi) is 7.33. The van der Waals surface area contributed by atoms with Gasteiger partial charge in [-0.05, 0) is 38.5 Å². The lowest BCUT2D eigenvalue weighted by atomic mass is 9.82. The smallest absolute Gasteiger partial charge is 0.317 e. The summed E-state index contributed by atoms with van der Waals surface area (Å²) >= 11 is 19.5. The Balaban J connectivity index is 2.36. The van der Waals surface area contributed by atoms with Gasteiger partial charge in [-0.2, -0.15) is 0 Å². The maximum atomic E-state index is 12.5. The van der Waals surface area contributed by atoms with Gasteiger partial charge >= 0.3 is 11.9 Å². The second-order valence-electron chi connectivity index (χ2n) is 5.84. The van der Waals surface area contributed by atoms with Crippen molar-refractivity contribution in [3.8, 4) is 0 Å². The fourth-order valence-electron chi connectivity index (χ4n) is 2.37. The molecule has 0 fully saturated rings. The molecule has 10 heteroatoms. The van der Waals surface area contributed by atoms with Gasteiger partial charge in [-0.15, -0.1) is 0 Å². The molecule has 0 aliphatic heterocycles. The van der Waals surface area contributed by atoms with Crippen molar-refractivity contribution in [2.24, 2.45) is 0 Å². The van der Waals surface area contributed by atoms with Crippen LogP contribution in [0.3, 0.4) is 0 Å². The first-order valence-corrected chi connectivity index (χ1v) is 9.90. The number of aliphatic carboxylic acids is 1. The standard InChI is InChI=1S/C17H17Cl3N2O4S/c1-3-26-15(25)17(2,7-6-12(23)24)13-14(20)27-16(22-13)21-11-5-4-9(18)8-10(11)19/h4-5,8H,3,6-7H2,1-2H3,(H,21,22)(H,23,24). The average Bonchev–Trinajstić information content (AvgIpc) is 2.96. The number of esters is 1. The van der Waals surface area contributed by atoms with Gasteiger partial charge in [0.25, 0.3) is 0 Å². The van der Waals surface area contributed by atoms with Crippen LogP contribution in [0.2, 0.25) is 14.4 Å². The molecule has 1 aromatic carbocycles. The number of carbonyl (C=O) groups excluding carboxylic acids is 1. The zero-order valence-corrected chi connectivity index (χ0v) is 17.6. The third kappa shape index (κ3) is 5.25. The van der Waals surface area contributed by atoms with Gasteiger partial charge in [-0.1, -0.05) is 46.1 Å². The lowest BCUT2D eigenvalue weighted by molar-refractivity contribution is -0.150. The molecule has 0 amide bonds. The van der Waals surface area contributed by atoms with E-state index in [2.05, 4.69) is 10.3 Å². The van der Waals surface area contributed by atoms with Crippen LogP contribution in [0.15, 0.2) is 18.2 Å². The molecule has 1 atom stereocenters.